The highest BCUT2D eigenvalue weighted by molar-refractivity contribution is 6.09. The van der Waals surface area contributed by atoms with Gasteiger partial charge in [-0.3, -0.25) is 4.90 Å². The van der Waals surface area contributed by atoms with Crippen molar-refractivity contribution in [1.82, 2.24) is 14.9 Å². The third kappa shape index (κ3) is 2.66. The molecule has 0 aliphatic carbocycles. The lowest BCUT2D eigenvalue weighted by atomic mass is 9.89. The van der Waals surface area contributed by atoms with Crippen molar-refractivity contribution in [2.45, 2.75) is 26.3 Å². The molecule has 0 amide bonds. The molecule has 2 aromatic heterocycles. The van der Waals surface area contributed by atoms with E-state index in [0.29, 0.717) is 0 Å². The van der Waals surface area contributed by atoms with Crippen molar-refractivity contribution >= 4 is 32.6 Å². The number of rotatable bonds is 3. The number of nitrogens with zero attached hydrogens (tertiary/aromatic N) is 2. The van der Waals surface area contributed by atoms with E-state index in [-0.39, 0.29) is 0 Å². The smallest absolute Gasteiger partial charge is 0.0778 e. The molecule has 0 spiro atoms. The summed E-state index contributed by atoms with van der Waals surface area (Å²) in [5.74, 6) is 0. The highest BCUT2D eigenvalue weighted by atomic mass is 15.1. The maximum absolute atomic E-state index is 5.28. The van der Waals surface area contributed by atoms with Crippen LogP contribution in [0.3, 0.4) is 0 Å². The summed E-state index contributed by atoms with van der Waals surface area (Å²) in [7, 11) is 0. The van der Waals surface area contributed by atoms with E-state index >= 15 is 0 Å². The number of hydrogen-bond acceptors (Lipinski definition) is 2. The number of benzene rings is 3. The number of fused-ring (bicyclic) bond motifs is 6. The summed E-state index contributed by atoms with van der Waals surface area (Å²) in [4.78, 5) is 11.3. The molecule has 0 atom stereocenters. The zero-order valence-electron chi connectivity index (χ0n) is 17.3. The van der Waals surface area contributed by atoms with Crippen LogP contribution in [0.4, 0.5) is 0 Å². The van der Waals surface area contributed by atoms with Crippen LogP contribution in [0.15, 0.2) is 66.9 Å². The van der Waals surface area contributed by atoms with Gasteiger partial charge >= 0.3 is 0 Å². The minimum atomic E-state index is 0.976. The van der Waals surface area contributed by atoms with Gasteiger partial charge in [-0.2, -0.15) is 0 Å². The zero-order chi connectivity index (χ0) is 20.1. The molecule has 0 unspecified atom stereocenters. The van der Waals surface area contributed by atoms with Crippen LogP contribution in [0.1, 0.15) is 24.5 Å². The van der Waals surface area contributed by atoms with E-state index in [0.717, 1.165) is 37.3 Å². The van der Waals surface area contributed by atoms with E-state index in [2.05, 4.69) is 83.7 Å². The van der Waals surface area contributed by atoms with Crippen molar-refractivity contribution in [3.8, 4) is 11.3 Å². The number of nitrogens with one attached hydrogen (secondary N) is 1. The molecule has 3 heterocycles. The fourth-order valence-corrected chi connectivity index (χ4v) is 5.17. The minimum absolute atomic E-state index is 0.976. The van der Waals surface area contributed by atoms with Gasteiger partial charge in [-0.1, -0.05) is 55.5 Å². The van der Waals surface area contributed by atoms with Crippen LogP contribution in [0.2, 0.25) is 0 Å². The number of para-hydroxylation sites is 1. The van der Waals surface area contributed by atoms with Gasteiger partial charge in [0.2, 0.25) is 0 Å². The largest absolute Gasteiger partial charge is 0.360 e. The average Bonchev–Trinajstić information content (AvgIpc) is 3.22. The van der Waals surface area contributed by atoms with Crippen molar-refractivity contribution in [3.05, 3.63) is 78.0 Å². The van der Waals surface area contributed by atoms with Crippen LogP contribution < -0.4 is 0 Å². The van der Waals surface area contributed by atoms with Crippen molar-refractivity contribution in [2.75, 3.05) is 13.1 Å². The van der Waals surface area contributed by atoms with Crippen LogP contribution in [0.5, 0.6) is 0 Å². The molecule has 30 heavy (non-hydrogen) atoms. The van der Waals surface area contributed by atoms with E-state index in [1.165, 1.54) is 50.2 Å². The second-order valence-electron chi connectivity index (χ2n) is 8.37. The topological polar surface area (TPSA) is 31.9 Å². The lowest BCUT2D eigenvalue weighted by Gasteiger charge is -2.31. The van der Waals surface area contributed by atoms with Gasteiger partial charge in [0.1, 0.15) is 0 Å². The Hall–Kier alpha value is -3.17. The highest BCUT2D eigenvalue weighted by Crippen LogP contribution is 2.39. The Morgan fingerprint density at radius 3 is 2.67 bits per heavy atom. The fraction of sp³-hybridized carbons (Fsp3) is 0.222. The molecule has 0 bridgehead atoms. The molecule has 3 heteroatoms. The van der Waals surface area contributed by atoms with Gasteiger partial charge in [0.25, 0.3) is 0 Å². The molecule has 1 N–H and O–H groups in total. The molecule has 1 aliphatic heterocycles. The Balaban J connectivity index is 1.69. The van der Waals surface area contributed by atoms with Crippen LogP contribution in [0, 0.1) is 0 Å². The van der Waals surface area contributed by atoms with Gasteiger partial charge in [-0.25, -0.2) is 4.98 Å². The first-order chi connectivity index (χ1) is 14.8. The van der Waals surface area contributed by atoms with Crippen LogP contribution in [-0.4, -0.2) is 28.0 Å². The third-order valence-corrected chi connectivity index (χ3v) is 6.54. The number of hydrogen-bond donors (Lipinski definition) is 1. The van der Waals surface area contributed by atoms with E-state index < -0.39 is 0 Å². The monoisotopic (exact) mass is 391 g/mol. The van der Waals surface area contributed by atoms with E-state index in [1.807, 2.05) is 0 Å². The summed E-state index contributed by atoms with van der Waals surface area (Å²) in [5.41, 5.74) is 7.54. The quantitative estimate of drug-likeness (QED) is 0.366. The highest BCUT2D eigenvalue weighted by Gasteiger charge is 2.25. The Labute approximate surface area is 176 Å². The second kappa shape index (κ2) is 6.96. The summed E-state index contributed by atoms with van der Waals surface area (Å²) in [5, 5.41) is 5.22. The van der Waals surface area contributed by atoms with E-state index in [9.17, 15) is 0 Å². The fourth-order valence-electron chi connectivity index (χ4n) is 5.17. The first-order valence-corrected chi connectivity index (χ1v) is 11.0. The SMILES string of the molecule is CCCN1CCc2c(c(-c3c[nH]c4ccccc34)nc3ccc4ccccc4c23)C1. The third-order valence-electron chi connectivity index (χ3n) is 6.54. The molecule has 0 saturated carbocycles. The first kappa shape index (κ1) is 17.7. The maximum atomic E-state index is 5.28. The first-order valence-electron chi connectivity index (χ1n) is 11.0. The molecular weight excluding hydrogens is 366 g/mol. The average molecular weight is 392 g/mol. The van der Waals surface area contributed by atoms with Gasteiger partial charge in [-0.15, -0.1) is 0 Å². The Kier molecular flexibility index (Phi) is 4.10. The number of H-pyrrole nitrogens is 1. The summed E-state index contributed by atoms with van der Waals surface area (Å²) in [6.45, 7) is 5.50. The molecule has 5 aromatic rings. The molecule has 3 nitrogen and oxygen atoms in total. The maximum Gasteiger partial charge on any atom is 0.0778 e. The lowest BCUT2D eigenvalue weighted by molar-refractivity contribution is 0.255. The molecular formula is C27H25N3. The second-order valence-corrected chi connectivity index (χ2v) is 8.37. The van der Waals surface area contributed by atoms with Gasteiger partial charge in [-0.05, 0) is 53.4 Å². The molecule has 1 aliphatic rings. The number of aromatic nitrogens is 2. The van der Waals surface area contributed by atoms with Gasteiger partial charge in [0, 0.05) is 41.1 Å². The van der Waals surface area contributed by atoms with E-state index in [1.54, 1.807) is 0 Å². The minimum Gasteiger partial charge on any atom is -0.360 e. The standard InChI is InChI=1S/C27H25N3/c1-2-14-30-15-13-21-23(17-30)27(22-16-28-24-10-6-5-9-20(22)24)29-25-12-11-18-7-3-4-8-19(18)26(21)25/h3-12,16,28H,2,13-15,17H2,1H3. The Bertz CT molecular complexity index is 1400. The van der Waals surface area contributed by atoms with Crippen molar-refractivity contribution in [1.29, 1.82) is 0 Å². The normalized spacial score (nSPS) is 14.6. The molecule has 3 aromatic carbocycles. The predicted molar refractivity (Wildman–Crippen MR) is 126 cm³/mol. The van der Waals surface area contributed by atoms with Crippen molar-refractivity contribution < 1.29 is 0 Å². The van der Waals surface area contributed by atoms with Crippen LogP contribution in [0.25, 0.3) is 43.8 Å². The predicted octanol–water partition coefficient (Wildman–Crippen LogP) is 6.30. The molecule has 6 rings (SSSR count). The molecule has 0 fully saturated rings. The Morgan fingerprint density at radius 1 is 0.933 bits per heavy atom. The summed E-state index contributed by atoms with van der Waals surface area (Å²) < 4.78 is 0. The zero-order valence-corrected chi connectivity index (χ0v) is 17.3. The summed E-state index contributed by atoms with van der Waals surface area (Å²) in [6.07, 6.45) is 4.40. The van der Waals surface area contributed by atoms with Crippen LogP contribution >= 0.6 is 0 Å². The van der Waals surface area contributed by atoms with Gasteiger partial charge in [0.15, 0.2) is 0 Å². The molecule has 0 saturated heterocycles. The van der Waals surface area contributed by atoms with Gasteiger partial charge in [0.05, 0.1) is 11.2 Å². The molecule has 148 valence electrons. The van der Waals surface area contributed by atoms with Crippen molar-refractivity contribution in [2.24, 2.45) is 0 Å². The summed E-state index contributed by atoms with van der Waals surface area (Å²) in [6, 6.07) is 21.7. The van der Waals surface area contributed by atoms with Crippen molar-refractivity contribution in [3.63, 3.8) is 0 Å². The lowest BCUT2D eigenvalue weighted by Crippen LogP contribution is -2.32. The number of pyridine rings is 1. The van der Waals surface area contributed by atoms with Crippen LogP contribution in [-0.2, 0) is 13.0 Å². The molecule has 0 radical (unpaired) electrons. The number of aromatic amines is 1. The van der Waals surface area contributed by atoms with Gasteiger partial charge < -0.3 is 4.98 Å². The van der Waals surface area contributed by atoms with E-state index in [4.69, 9.17) is 4.98 Å². The Morgan fingerprint density at radius 2 is 1.77 bits per heavy atom. The summed E-state index contributed by atoms with van der Waals surface area (Å²) >= 11 is 0.